The van der Waals surface area contributed by atoms with Gasteiger partial charge in [0.15, 0.2) is 5.75 Å². The van der Waals surface area contributed by atoms with Crippen LogP contribution in [0, 0.1) is 0 Å². The van der Waals surface area contributed by atoms with Gasteiger partial charge in [-0.3, -0.25) is 4.79 Å². The van der Waals surface area contributed by atoms with Crippen LogP contribution in [0.4, 0.5) is 13.2 Å². The monoisotopic (exact) mass is 444 g/mol. The first-order chi connectivity index (χ1) is 13.8. The summed E-state index contributed by atoms with van der Waals surface area (Å²) in [5, 5.41) is 6.65. The Balaban J connectivity index is 2.59. The first-order valence-corrected chi connectivity index (χ1v) is 10.4. The van der Waals surface area contributed by atoms with E-state index in [1.807, 2.05) is 27.7 Å². The number of benzene rings is 1. The standard InChI is InChI=1S/C20H27F3N4O2S/c1-7-8-11-27-18(30-17(25-27)19(2,3)4)24-16(28)14-12-13(20(21,22)23)9-10-15(14)29-26(5)6/h9-10,12H,7-8,11H2,1-6H3/b24-18-. The van der Waals surface area contributed by atoms with Crippen LogP contribution in [0.15, 0.2) is 23.2 Å². The molecule has 0 saturated heterocycles. The van der Waals surface area contributed by atoms with E-state index in [9.17, 15) is 18.0 Å². The van der Waals surface area contributed by atoms with E-state index in [1.165, 1.54) is 16.4 Å². The number of hydrogen-bond acceptors (Lipinski definition) is 5. The number of hydroxylamine groups is 2. The lowest BCUT2D eigenvalue weighted by molar-refractivity contribution is -0.137. The van der Waals surface area contributed by atoms with Crippen LogP contribution in [0.2, 0.25) is 0 Å². The summed E-state index contributed by atoms with van der Waals surface area (Å²) >= 11 is 1.26. The SMILES string of the molecule is CCCCn1nc(C(C)(C)C)s/c1=N\C(=O)c1cc(C(F)(F)F)ccc1ON(C)C. The van der Waals surface area contributed by atoms with Crippen molar-refractivity contribution >= 4 is 17.2 Å². The summed E-state index contributed by atoms with van der Waals surface area (Å²) in [6.45, 7) is 8.60. The largest absolute Gasteiger partial charge is 0.416 e. The molecule has 1 aromatic carbocycles. The molecule has 0 radical (unpaired) electrons. The number of aromatic nitrogens is 2. The number of nitrogens with zero attached hydrogens (tertiary/aromatic N) is 4. The lowest BCUT2D eigenvalue weighted by Crippen LogP contribution is -2.21. The fourth-order valence-corrected chi connectivity index (χ4v) is 3.43. The third kappa shape index (κ3) is 6.15. The predicted octanol–water partition coefficient (Wildman–Crippen LogP) is 4.66. The van der Waals surface area contributed by atoms with Crippen molar-refractivity contribution in [2.24, 2.45) is 4.99 Å². The predicted molar refractivity (Wildman–Crippen MR) is 109 cm³/mol. The summed E-state index contributed by atoms with van der Waals surface area (Å²) in [6.07, 6.45) is -2.82. The average molecular weight is 445 g/mol. The molecule has 2 rings (SSSR count). The summed E-state index contributed by atoms with van der Waals surface area (Å²) in [7, 11) is 3.14. The minimum atomic E-state index is -4.59. The van der Waals surface area contributed by atoms with Crippen molar-refractivity contribution in [1.29, 1.82) is 0 Å². The minimum Gasteiger partial charge on any atom is -0.406 e. The number of alkyl halides is 3. The zero-order chi connectivity index (χ0) is 22.7. The molecule has 1 heterocycles. The number of unbranched alkanes of at least 4 members (excludes halogenated alkanes) is 1. The molecule has 0 atom stereocenters. The normalized spacial score (nSPS) is 13.2. The fraction of sp³-hybridized carbons (Fsp3) is 0.550. The molecule has 166 valence electrons. The average Bonchev–Trinajstić information content (AvgIpc) is 3.01. The van der Waals surface area contributed by atoms with Gasteiger partial charge in [0, 0.05) is 26.1 Å². The molecule has 2 aromatic rings. The maximum atomic E-state index is 13.2. The quantitative estimate of drug-likeness (QED) is 0.608. The van der Waals surface area contributed by atoms with E-state index >= 15 is 0 Å². The third-order valence-electron chi connectivity index (χ3n) is 4.00. The fourth-order valence-electron chi connectivity index (χ4n) is 2.45. The summed E-state index contributed by atoms with van der Waals surface area (Å²) < 4.78 is 41.2. The molecule has 0 bridgehead atoms. The summed E-state index contributed by atoms with van der Waals surface area (Å²) in [4.78, 5) is 22.8. The minimum absolute atomic E-state index is 0.00224. The smallest absolute Gasteiger partial charge is 0.406 e. The highest BCUT2D eigenvalue weighted by Crippen LogP contribution is 2.33. The molecule has 0 spiro atoms. The van der Waals surface area contributed by atoms with Gasteiger partial charge in [0.2, 0.25) is 4.80 Å². The Morgan fingerprint density at radius 1 is 1.27 bits per heavy atom. The third-order valence-corrected chi connectivity index (χ3v) is 5.37. The van der Waals surface area contributed by atoms with Crippen molar-refractivity contribution in [3.05, 3.63) is 39.1 Å². The molecule has 0 aliphatic carbocycles. The number of carbonyl (C=O) groups excluding carboxylic acids is 1. The number of rotatable bonds is 6. The van der Waals surface area contributed by atoms with Crippen molar-refractivity contribution in [3.63, 3.8) is 0 Å². The number of carbonyl (C=O) groups is 1. The topological polar surface area (TPSA) is 59.7 Å². The molecule has 0 aliphatic rings. The van der Waals surface area contributed by atoms with Gasteiger partial charge in [0.1, 0.15) is 5.01 Å². The van der Waals surface area contributed by atoms with Gasteiger partial charge in [-0.15, -0.1) is 0 Å². The van der Waals surface area contributed by atoms with E-state index < -0.39 is 17.6 Å². The van der Waals surface area contributed by atoms with E-state index in [0.29, 0.717) is 11.3 Å². The Morgan fingerprint density at radius 3 is 2.47 bits per heavy atom. The molecule has 0 N–H and O–H groups in total. The lowest BCUT2D eigenvalue weighted by atomic mass is 9.98. The molecule has 10 heteroatoms. The molecule has 0 unspecified atom stereocenters. The van der Waals surface area contributed by atoms with Crippen LogP contribution in [0.5, 0.6) is 5.75 Å². The molecule has 0 saturated carbocycles. The van der Waals surface area contributed by atoms with Crippen LogP contribution in [0.3, 0.4) is 0 Å². The summed E-state index contributed by atoms with van der Waals surface area (Å²) in [6, 6.07) is 2.78. The van der Waals surface area contributed by atoms with Crippen molar-refractivity contribution < 1.29 is 22.8 Å². The zero-order valence-corrected chi connectivity index (χ0v) is 18.8. The highest BCUT2D eigenvalue weighted by molar-refractivity contribution is 7.09. The van der Waals surface area contributed by atoms with Crippen molar-refractivity contribution in [2.75, 3.05) is 14.1 Å². The van der Waals surface area contributed by atoms with Gasteiger partial charge in [-0.1, -0.05) is 45.5 Å². The Bertz CT molecular complexity index is 956. The second-order valence-corrected chi connectivity index (χ2v) is 9.00. The molecular weight excluding hydrogens is 417 g/mol. The van der Waals surface area contributed by atoms with Crippen LogP contribution >= 0.6 is 11.3 Å². The second-order valence-electron chi connectivity index (χ2n) is 8.05. The first-order valence-electron chi connectivity index (χ1n) is 9.57. The van der Waals surface area contributed by atoms with Gasteiger partial charge in [-0.25, -0.2) is 4.68 Å². The van der Waals surface area contributed by atoms with Gasteiger partial charge >= 0.3 is 6.18 Å². The van der Waals surface area contributed by atoms with Crippen molar-refractivity contribution in [1.82, 2.24) is 14.8 Å². The Kier molecular flexibility index (Phi) is 7.46. The summed E-state index contributed by atoms with van der Waals surface area (Å²) in [5.74, 6) is -0.810. The highest BCUT2D eigenvalue weighted by Gasteiger charge is 2.32. The Labute approximate surface area is 178 Å². The van der Waals surface area contributed by atoms with Crippen LogP contribution in [-0.4, -0.2) is 34.8 Å². The maximum Gasteiger partial charge on any atom is 0.416 e. The maximum absolute atomic E-state index is 13.2. The zero-order valence-electron chi connectivity index (χ0n) is 18.0. The second kappa shape index (κ2) is 9.30. The lowest BCUT2D eigenvalue weighted by Gasteiger charge is -2.15. The van der Waals surface area contributed by atoms with Crippen LogP contribution < -0.4 is 9.64 Å². The molecule has 0 aliphatic heterocycles. The van der Waals surface area contributed by atoms with E-state index in [1.54, 1.807) is 18.8 Å². The van der Waals surface area contributed by atoms with Crippen LogP contribution in [0.25, 0.3) is 0 Å². The number of amides is 1. The molecular formula is C20H27F3N4O2S. The van der Waals surface area contributed by atoms with Crippen LogP contribution in [0.1, 0.15) is 61.5 Å². The van der Waals surface area contributed by atoms with E-state index in [0.717, 1.165) is 36.0 Å². The molecule has 1 amide bonds. The van der Waals surface area contributed by atoms with Gasteiger partial charge < -0.3 is 4.84 Å². The molecule has 1 aromatic heterocycles. The number of halogens is 3. The first kappa shape index (κ1) is 24.1. The van der Waals surface area contributed by atoms with Gasteiger partial charge in [-0.2, -0.15) is 28.3 Å². The molecule has 6 nitrogen and oxygen atoms in total. The summed E-state index contributed by atoms with van der Waals surface area (Å²) in [5.41, 5.74) is -1.44. The number of aryl methyl sites for hydroxylation is 1. The van der Waals surface area contributed by atoms with Crippen molar-refractivity contribution in [3.8, 4) is 5.75 Å². The van der Waals surface area contributed by atoms with Gasteiger partial charge in [-0.05, 0) is 24.6 Å². The van der Waals surface area contributed by atoms with E-state index in [4.69, 9.17) is 4.84 Å². The van der Waals surface area contributed by atoms with E-state index in [-0.39, 0.29) is 16.7 Å². The van der Waals surface area contributed by atoms with Gasteiger partial charge in [0.25, 0.3) is 5.91 Å². The highest BCUT2D eigenvalue weighted by atomic mass is 32.1. The molecule has 0 fully saturated rings. The van der Waals surface area contributed by atoms with Gasteiger partial charge in [0.05, 0.1) is 11.1 Å². The van der Waals surface area contributed by atoms with Crippen LogP contribution in [-0.2, 0) is 18.1 Å². The van der Waals surface area contributed by atoms with Crippen molar-refractivity contribution in [2.45, 2.75) is 58.7 Å². The van der Waals surface area contributed by atoms with E-state index in [2.05, 4.69) is 10.1 Å². The Morgan fingerprint density at radius 2 is 1.93 bits per heavy atom. The number of hydrogen-bond donors (Lipinski definition) is 0. The molecule has 30 heavy (non-hydrogen) atoms. The Hall–Kier alpha value is -2.20.